The van der Waals surface area contributed by atoms with Crippen molar-refractivity contribution in [1.82, 2.24) is 5.32 Å². The minimum Gasteiger partial charge on any atom is -0.391 e. The summed E-state index contributed by atoms with van der Waals surface area (Å²) in [5.41, 5.74) is 0.208. The van der Waals surface area contributed by atoms with Crippen LogP contribution in [0.25, 0.3) is 0 Å². The van der Waals surface area contributed by atoms with Crippen LogP contribution in [0.3, 0.4) is 0 Å². The quantitative estimate of drug-likeness (QED) is 0.459. The zero-order chi connectivity index (χ0) is 5.61. The SMILES string of the molecule is O[C@@H]1CC12CCCN2. The fraction of sp³-hybridized carbons (Fsp3) is 1.00. The molecular weight excluding hydrogens is 102 g/mol. The van der Waals surface area contributed by atoms with Crippen molar-refractivity contribution in [3.05, 3.63) is 0 Å². The van der Waals surface area contributed by atoms with Crippen LogP contribution in [-0.2, 0) is 0 Å². The predicted octanol–water partition coefficient (Wildman–Crippen LogP) is -0.127. The van der Waals surface area contributed by atoms with Gasteiger partial charge in [-0.15, -0.1) is 0 Å². The van der Waals surface area contributed by atoms with E-state index in [0.29, 0.717) is 0 Å². The Morgan fingerprint density at radius 1 is 1.62 bits per heavy atom. The van der Waals surface area contributed by atoms with Gasteiger partial charge in [0.05, 0.1) is 6.10 Å². The Morgan fingerprint density at radius 2 is 2.38 bits per heavy atom. The minimum atomic E-state index is -0.0231. The van der Waals surface area contributed by atoms with E-state index in [2.05, 4.69) is 5.32 Å². The molecule has 0 bridgehead atoms. The van der Waals surface area contributed by atoms with Crippen molar-refractivity contribution in [2.45, 2.75) is 30.9 Å². The molecule has 1 saturated carbocycles. The van der Waals surface area contributed by atoms with Gasteiger partial charge in [0.15, 0.2) is 0 Å². The van der Waals surface area contributed by atoms with Crippen molar-refractivity contribution in [2.75, 3.05) is 6.54 Å². The molecule has 8 heavy (non-hydrogen) atoms. The van der Waals surface area contributed by atoms with E-state index >= 15 is 0 Å². The second-order valence-corrected chi connectivity index (χ2v) is 2.91. The maximum atomic E-state index is 9.05. The smallest absolute Gasteiger partial charge is 0.0741 e. The maximum absolute atomic E-state index is 9.05. The number of nitrogens with one attached hydrogen (secondary N) is 1. The average molecular weight is 113 g/mol. The highest BCUT2D eigenvalue weighted by molar-refractivity contribution is 5.13. The van der Waals surface area contributed by atoms with Crippen LogP contribution in [0.1, 0.15) is 19.3 Å². The summed E-state index contributed by atoms with van der Waals surface area (Å²) in [5.74, 6) is 0. The summed E-state index contributed by atoms with van der Waals surface area (Å²) in [6.45, 7) is 1.11. The summed E-state index contributed by atoms with van der Waals surface area (Å²) in [6.07, 6.45) is 3.41. The summed E-state index contributed by atoms with van der Waals surface area (Å²) in [7, 11) is 0. The summed E-state index contributed by atoms with van der Waals surface area (Å²) < 4.78 is 0. The molecule has 2 N–H and O–H groups in total. The van der Waals surface area contributed by atoms with E-state index in [1.165, 1.54) is 12.8 Å². The summed E-state index contributed by atoms with van der Waals surface area (Å²) >= 11 is 0. The molecule has 1 saturated heterocycles. The lowest BCUT2D eigenvalue weighted by atomic mass is 10.2. The van der Waals surface area contributed by atoms with Crippen LogP contribution < -0.4 is 5.32 Å². The first-order chi connectivity index (χ1) is 3.83. The fourth-order valence-electron chi connectivity index (χ4n) is 1.57. The van der Waals surface area contributed by atoms with Crippen LogP contribution in [0.15, 0.2) is 0 Å². The van der Waals surface area contributed by atoms with Crippen LogP contribution in [0.5, 0.6) is 0 Å². The van der Waals surface area contributed by atoms with Crippen LogP contribution in [-0.4, -0.2) is 23.3 Å². The largest absolute Gasteiger partial charge is 0.391 e. The molecule has 2 nitrogen and oxygen atoms in total. The van der Waals surface area contributed by atoms with Gasteiger partial charge in [0, 0.05) is 5.54 Å². The van der Waals surface area contributed by atoms with E-state index in [1.54, 1.807) is 0 Å². The standard InChI is InChI=1S/C6H11NO/c8-5-4-6(5)2-1-3-7-6/h5,7-8H,1-4H2/t5-,6?/m1/s1. The predicted molar refractivity (Wildman–Crippen MR) is 30.6 cm³/mol. The van der Waals surface area contributed by atoms with Crippen molar-refractivity contribution in [1.29, 1.82) is 0 Å². The third-order valence-corrected chi connectivity index (χ3v) is 2.31. The number of aliphatic hydroxyl groups is 1. The van der Waals surface area contributed by atoms with Gasteiger partial charge in [0.2, 0.25) is 0 Å². The molecule has 0 aromatic carbocycles. The lowest BCUT2D eigenvalue weighted by Crippen LogP contribution is -2.27. The Balaban J connectivity index is 2.06. The lowest BCUT2D eigenvalue weighted by molar-refractivity contribution is 0.241. The van der Waals surface area contributed by atoms with Crippen LogP contribution in [0.2, 0.25) is 0 Å². The number of aliphatic hydroxyl groups excluding tert-OH is 1. The normalized spacial score (nSPS) is 52.9. The summed E-state index contributed by atoms with van der Waals surface area (Å²) in [6, 6.07) is 0. The second kappa shape index (κ2) is 1.25. The molecular formula is C6H11NO. The third kappa shape index (κ3) is 0.446. The van der Waals surface area contributed by atoms with Crippen LogP contribution in [0, 0.1) is 0 Å². The zero-order valence-electron chi connectivity index (χ0n) is 4.85. The first-order valence-electron chi connectivity index (χ1n) is 3.27. The summed E-state index contributed by atoms with van der Waals surface area (Å²) in [5, 5.41) is 12.4. The van der Waals surface area contributed by atoms with Gasteiger partial charge in [-0.1, -0.05) is 0 Å². The molecule has 1 aliphatic heterocycles. The molecule has 0 radical (unpaired) electrons. The van der Waals surface area contributed by atoms with Gasteiger partial charge in [-0.25, -0.2) is 0 Å². The van der Waals surface area contributed by atoms with E-state index in [9.17, 15) is 0 Å². The molecule has 1 aliphatic carbocycles. The second-order valence-electron chi connectivity index (χ2n) is 2.91. The van der Waals surface area contributed by atoms with Crippen molar-refractivity contribution < 1.29 is 5.11 Å². The van der Waals surface area contributed by atoms with E-state index in [0.717, 1.165) is 13.0 Å². The zero-order valence-corrected chi connectivity index (χ0v) is 4.85. The average Bonchev–Trinajstić information content (AvgIpc) is 2.29. The highest BCUT2D eigenvalue weighted by atomic mass is 16.3. The number of hydrogen-bond donors (Lipinski definition) is 2. The molecule has 1 spiro atoms. The van der Waals surface area contributed by atoms with Crippen LogP contribution >= 0.6 is 0 Å². The van der Waals surface area contributed by atoms with E-state index in [1.807, 2.05) is 0 Å². The van der Waals surface area contributed by atoms with Gasteiger partial charge in [0.1, 0.15) is 0 Å². The molecule has 0 aromatic rings. The van der Waals surface area contributed by atoms with Crippen molar-refractivity contribution in [3.63, 3.8) is 0 Å². The van der Waals surface area contributed by atoms with Crippen LogP contribution in [0.4, 0.5) is 0 Å². The Hall–Kier alpha value is -0.0800. The monoisotopic (exact) mass is 113 g/mol. The maximum Gasteiger partial charge on any atom is 0.0741 e. The van der Waals surface area contributed by atoms with Gasteiger partial charge in [-0.2, -0.15) is 0 Å². The Kier molecular flexibility index (Phi) is 0.746. The molecule has 2 aliphatic rings. The molecule has 2 atom stereocenters. The Morgan fingerprint density at radius 3 is 2.62 bits per heavy atom. The van der Waals surface area contributed by atoms with Crippen molar-refractivity contribution in [3.8, 4) is 0 Å². The van der Waals surface area contributed by atoms with E-state index in [4.69, 9.17) is 5.11 Å². The van der Waals surface area contributed by atoms with Gasteiger partial charge in [-0.3, -0.25) is 0 Å². The lowest BCUT2D eigenvalue weighted by Gasteiger charge is -2.03. The van der Waals surface area contributed by atoms with Crippen molar-refractivity contribution >= 4 is 0 Å². The third-order valence-electron chi connectivity index (χ3n) is 2.31. The molecule has 2 heteroatoms. The molecule has 0 amide bonds. The van der Waals surface area contributed by atoms with E-state index in [-0.39, 0.29) is 11.6 Å². The molecule has 2 fully saturated rings. The van der Waals surface area contributed by atoms with E-state index < -0.39 is 0 Å². The number of hydrogen-bond acceptors (Lipinski definition) is 2. The topological polar surface area (TPSA) is 32.3 Å². The van der Waals surface area contributed by atoms with Gasteiger partial charge in [0.25, 0.3) is 0 Å². The van der Waals surface area contributed by atoms with Gasteiger partial charge < -0.3 is 10.4 Å². The highest BCUT2D eigenvalue weighted by Gasteiger charge is 2.54. The summed E-state index contributed by atoms with van der Waals surface area (Å²) in [4.78, 5) is 0. The first-order valence-corrected chi connectivity index (χ1v) is 3.27. The molecule has 0 aromatic heterocycles. The molecule has 2 rings (SSSR count). The van der Waals surface area contributed by atoms with Gasteiger partial charge in [-0.05, 0) is 25.8 Å². The minimum absolute atomic E-state index is 0.0231. The molecule has 1 heterocycles. The Labute approximate surface area is 48.9 Å². The van der Waals surface area contributed by atoms with Crippen molar-refractivity contribution in [2.24, 2.45) is 0 Å². The first kappa shape index (κ1) is 4.77. The highest BCUT2D eigenvalue weighted by Crippen LogP contribution is 2.42. The molecule has 1 unspecified atom stereocenters. The fourth-order valence-corrected chi connectivity index (χ4v) is 1.57. The Bertz CT molecular complexity index is 107. The van der Waals surface area contributed by atoms with Gasteiger partial charge >= 0.3 is 0 Å². The molecule has 46 valence electrons. The number of rotatable bonds is 0.